The average molecular weight is 326 g/mol. The van der Waals surface area contributed by atoms with Crippen molar-refractivity contribution in [3.05, 3.63) is 0 Å². The number of ether oxygens (including phenoxy) is 1. The summed E-state index contributed by atoms with van der Waals surface area (Å²) in [4.78, 5) is 26.2. The van der Waals surface area contributed by atoms with E-state index in [9.17, 15) is 4.79 Å². The molecule has 1 amide bonds. The largest absolute Gasteiger partial charge is 0.378 e. The first-order valence-corrected chi connectivity index (χ1v) is 8.27. The first-order valence-electron chi connectivity index (χ1n) is 7.28. The van der Waals surface area contributed by atoms with Crippen molar-refractivity contribution in [1.82, 2.24) is 15.0 Å². The molecule has 1 aliphatic heterocycles. The van der Waals surface area contributed by atoms with E-state index in [1.165, 1.54) is 11.8 Å². The van der Waals surface area contributed by atoms with Crippen LogP contribution in [0.1, 0.15) is 13.8 Å². The van der Waals surface area contributed by atoms with E-state index in [0.29, 0.717) is 36.2 Å². The maximum atomic E-state index is 10.9. The molecule has 8 nitrogen and oxygen atoms in total. The second kappa shape index (κ2) is 8.14. The van der Waals surface area contributed by atoms with Gasteiger partial charge in [-0.2, -0.15) is 15.0 Å². The van der Waals surface area contributed by atoms with Gasteiger partial charge < -0.3 is 20.7 Å². The molecule has 2 heterocycles. The number of nitrogens with one attached hydrogen (secondary N) is 1. The SMILES string of the molecule is CC(C)CNc1nc(SCC(N)=O)nc(N2CCOCC2)n1. The average Bonchev–Trinajstić information content (AvgIpc) is 2.51. The number of carbonyl (C=O) groups excluding carboxylic acids is 1. The third-order valence-corrected chi connectivity index (χ3v) is 3.78. The summed E-state index contributed by atoms with van der Waals surface area (Å²) in [6, 6.07) is 0. The van der Waals surface area contributed by atoms with Crippen molar-refractivity contribution in [1.29, 1.82) is 0 Å². The van der Waals surface area contributed by atoms with Crippen LogP contribution >= 0.6 is 11.8 Å². The monoisotopic (exact) mass is 326 g/mol. The molecule has 2 rings (SSSR count). The molecule has 0 bridgehead atoms. The number of hydrogen-bond acceptors (Lipinski definition) is 8. The quantitative estimate of drug-likeness (QED) is 0.692. The molecule has 9 heteroatoms. The van der Waals surface area contributed by atoms with Crippen LogP contribution in [0.3, 0.4) is 0 Å². The number of thioether (sulfide) groups is 1. The number of morpholine rings is 1. The predicted octanol–water partition coefficient (Wildman–Crippen LogP) is 0.354. The van der Waals surface area contributed by atoms with Crippen molar-refractivity contribution >= 4 is 29.6 Å². The van der Waals surface area contributed by atoms with Gasteiger partial charge in [0, 0.05) is 19.6 Å². The molecule has 0 saturated carbocycles. The summed E-state index contributed by atoms with van der Waals surface area (Å²) in [5.74, 6) is 1.37. The highest BCUT2D eigenvalue weighted by atomic mass is 32.2. The van der Waals surface area contributed by atoms with Gasteiger partial charge in [0.1, 0.15) is 0 Å². The molecule has 0 aliphatic carbocycles. The Morgan fingerprint density at radius 1 is 1.36 bits per heavy atom. The Hall–Kier alpha value is -1.61. The molecule has 0 aromatic carbocycles. The van der Waals surface area contributed by atoms with Gasteiger partial charge in [0.05, 0.1) is 19.0 Å². The molecule has 1 saturated heterocycles. The molecule has 0 spiro atoms. The van der Waals surface area contributed by atoms with Crippen molar-refractivity contribution in [2.24, 2.45) is 11.7 Å². The van der Waals surface area contributed by atoms with Crippen LogP contribution < -0.4 is 16.0 Å². The lowest BCUT2D eigenvalue weighted by Crippen LogP contribution is -2.37. The summed E-state index contributed by atoms with van der Waals surface area (Å²) >= 11 is 1.22. The van der Waals surface area contributed by atoms with E-state index in [1.807, 2.05) is 0 Å². The van der Waals surface area contributed by atoms with Crippen LogP contribution in [0, 0.1) is 5.92 Å². The van der Waals surface area contributed by atoms with Gasteiger partial charge in [0.15, 0.2) is 5.16 Å². The van der Waals surface area contributed by atoms with Gasteiger partial charge >= 0.3 is 0 Å². The van der Waals surface area contributed by atoms with Crippen molar-refractivity contribution in [2.75, 3.05) is 48.8 Å². The van der Waals surface area contributed by atoms with E-state index in [-0.39, 0.29) is 5.75 Å². The molecule has 1 fully saturated rings. The molecule has 0 unspecified atom stereocenters. The second-order valence-electron chi connectivity index (χ2n) is 5.37. The number of nitrogens with two attached hydrogens (primary N) is 1. The minimum absolute atomic E-state index is 0.149. The summed E-state index contributed by atoms with van der Waals surface area (Å²) in [6.45, 7) is 7.79. The first-order chi connectivity index (χ1) is 10.5. The van der Waals surface area contributed by atoms with Crippen molar-refractivity contribution in [3.63, 3.8) is 0 Å². The minimum atomic E-state index is -0.393. The van der Waals surface area contributed by atoms with E-state index in [1.54, 1.807) is 0 Å². The number of nitrogens with zero attached hydrogens (tertiary/aromatic N) is 4. The molecule has 3 N–H and O–H groups in total. The molecule has 0 atom stereocenters. The van der Waals surface area contributed by atoms with E-state index in [2.05, 4.69) is 39.0 Å². The van der Waals surface area contributed by atoms with Crippen molar-refractivity contribution < 1.29 is 9.53 Å². The van der Waals surface area contributed by atoms with Crippen LogP contribution in [0.4, 0.5) is 11.9 Å². The number of rotatable bonds is 7. The lowest BCUT2D eigenvalue weighted by molar-refractivity contribution is -0.115. The Balaban J connectivity index is 2.16. The van der Waals surface area contributed by atoms with Crippen LogP contribution in [-0.2, 0) is 9.53 Å². The van der Waals surface area contributed by atoms with Crippen LogP contribution in [0.25, 0.3) is 0 Å². The lowest BCUT2D eigenvalue weighted by Gasteiger charge is -2.27. The number of anilines is 2. The van der Waals surface area contributed by atoms with Crippen LogP contribution in [0.5, 0.6) is 0 Å². The van der Waals surface area contributed by atoms with Gasteiger partial charge in [-0.1, -0.05) is 25.6 Å². The first kappa shape index (κ1) is 16.8. The Bertz CT molecular complexity index is 507. The zero-order valence-electron chi connectivity index (χ0n) is 12.9. The summed E-state index contributed by atoms with van der Waals surface area (Å²) in [6.07, 6.45) is 0. The smallest absolute Gasteiger partial charge is 0.231 e. The standard InChI is InChI=1S/C13H22N6O2S/c1-9(2)7-15-11-16-12(19-3-5-21-6-4-19)18-13(17-11)22-8-10(14)20/h9H,3-8H2,1-2H3,(H2,14,20)(H,15,16,17,18). The summed E-state index contributed by atoms with van der Waals surface area (Å²) < 4.78 is 5.34. The van der Waals surface area contributed by atoms with Gasteiger partial charge in [-0.3, -0.25) is 4.79 Å². The fraction of sp³-hybridized carbons (Fsp3) is 0.692. The molecule has 1 aliphatic rings. The van der Waals surface area contributed by atoms with Gasteiger partial charge in [0.2, 0.25) is 17.8 Å². The normalized spacial score (nSPS) is 15.1. The van der Waals surface area contributed by atoms with Gasteiger partial charge in [-0.25, -0.2) is 0 Å². The third-order valence-electron chi connectivity index (χ3n) is 2.91. The van der Waals surface area contributed by atoms with Crippen molar-refractivity contribution in [2.45, 2.75) is 19.0 Å². The fourth-order valence-corrected chi connectivity index (χ4v) is 2.39. The highest BCUT2D eigenvalue weighted by Gasteiger charge is 2.17. The second-order valence-corrected chi connectivity index (χ2v) is 6.31. The summed E-state index contributed by atoms with van der Waals surface area (Å²) in [5.41, 5.74) is 5.18. The van der Waals surface area contributed by atoms with Gasteiger partial charge in [-0.15, -0.1) is 0 Å². The lowest BCUT2D eigenvalue weighted by atomic mass is 10.2. The summed E-state index contributed by atoms with van der Waals surface area (Å²) in [7, 11) is 0. The van der Waals surface area contributed by atoms with E-state index in [4.69, 9.17) is 10.5 Å². The highest BCUT2D eigenvalue weighted by Crippen LogP contribution is 2.19. The predicted molar refractivity (Wildman–Crippen MR) is 86.1 cm³/mol. The Morgan fingerprint density at radius 3 is 2.73 bits per heavy atom. The number of hydrogen-bond donors (Lipinski definition) is 2. The zero-order chi connectivity index (χ0) is 15.9. The molecule has 22 heavy (non-hydrogen) atoms. The molecule has 0 radical (unpaired) electrons. The van der Waals surface area contributed by atoms with Crippen LogP contribution in [0.2, 0.25) is 0 Å². The third kappa shape index (κ3) is 5.30. The number of amides is 1. The molecular weight excluding hydrogens is 304 g/mol. The highest BCUT2D eigenvalue weighted by molar-refractivity contribution is 7.99. The minimum Gasteiger partial charge on any atom is -0.378 e. The maximum absolute atomic E-state index is 10.9. The van der Waals surface area contributed by atoms with Crippen molar-refractivity contribution in [3.8, 4) is 0 Å². The van der Waals surface area contributed by atoms with E-state index < -0.39 is 5.91 Å². The maximum Gasteiger partial charge on any atom is 0.231 e. The van der Waals surface area contributed by atoms with Gasteiger partial charge in [-0.05, 0) is 5.92 Å². The summed E-state index contributed by atoms with van der Waals surface area (Å²) in [5, 5.41) is 3.70. The molecular formula is C13H22N6O2S. The van der Waals surface area contributed by atoms with E-state index >= 15 is 0 Å². The Morgan fingerprint density at radius 2 is 2.09 bits per heavy atom. The Labute approximate surface area is 134 Å². The number of primary amides is 1. The number of aromatic nitrogens is 3. The van der Waals surface area contributed by atoms with E-state index in [0.717, 1.165) is 19.6 Å². The molecule has 122 valence electrons. The molecule has 1 aromatic heterocycles. The van der Waals surface area contributed by atoms with Crippen LogP contribution in [-0.4, -0.2) is 59.5 Å². The number of carbonyl (C=O) groups is 1. The zero-order valence-corrected chi connectivity index (χ0v) is 13.7. The van der Waals surface area contributed by atoms with Crippen LogP contribution in [0.15, 0.2) is 5.16 Å². The van der Waals surface area contributed by atoms with Gasteiger partial charge in [0.25, 0.3) is 0 Å². The fourth-order valence-electron chi connectivity index (χ4n) is 1.83. The topological polar surface area (TPSA) is 106 Å². The Kier molecular flexibility index (Phi) is 6.20. The molecule has 1 aromatic rings.